The molecule has 156 valence electrons. The topological polar surface area (TPSA) is 68.5 Å². The van der Waals surface area contributed by atoms with Crippen molar-refractivity contribution in [1.29, 1.82) is 0 Å². The number of benzene rings is 3. The van der Waals surface area contributed by atoms with Crippen LogP contribution in [0, 0.1) is 0 Å². The second-order valence-electron chi connectivity index (χ2n) is 6.40. The molecular weight excluding hydrogens is 443 g/mol. The molecule has 0 bridgehead atoms. The van der Waals surface area contributed by atoms with Crippen LogP contribution >= 0.6 is 11.6 Å². The van der Waals surface area contributed by atoms with Crippen LogP contribution in [0.1, 0.15) is 5.56 Å². The third-order valence-electron chi connectivity index (χ3n) is 4.49. The summed E-state index contributed by atoms with van der Waals surface area (Å²) in [7, 11) is -3.12. The van der Waals surface area contributed by atoms with Gasteiger partial charge < -0.3 is 9.15 Å². The van der Waals surface area contributed by atoms with Crippen LogP contribution in [0.2, 0.25) is 5.02 Å². The van der Waals surface area contributed by atoms with Gasteiger partial charge in [-0.1, -0.05) is 29.8 Å². The molecule has 0 aliphatic rings. The minimum atomic E-state index is -4.72. The molecule has 0 fully saturated rings. The summed E-state index contributed by atoms with van der Waals surface area (Å²) in [5.74, 6) is 0.167. The highest BCUT2D eigenvalue weighted by Gasteiger charge is 2.33. The Morgan fingerprint density at radius 1 is 1.00 bits per heavy atom. The average Bonchev–Trinajstić information content (AvgIpc) is 3.03. The van der Waals surface area contributed by atoms with Crippen LogP contribution in [0.3, 0.4) is 0 Å². The number of sulfonamides is 1. The Bertz CT molecular complexity index is 1380. The quantitative estimate of drug-likeness (QED) is 0.405. The Balaban J connectivity index is 1.82. The second kappa shape index (κ2) is 7.10. The number of nitrogens with one attached hydrogen (secondary N) is 1. The Morgan fingerprint density at radius 3 is 2.43 bits per heavy atom. The molecule has 0 aliphatic heterocycles. The van der Waals surface area contributed by atoms with Crippen molar-refractivity contribution in [3.8, 4) is 5.75 Å². The van der Waals surface area contributed by atoms with Gasteiger partial charge in [-0.05, 0) is 30.3 Å². The first-order valence-electron chi connectivity index (χ1n) is 8.49. The maximum atomic E-state index is 13.0. The summed E-state index contributed by atoms with van der Waals surface area (Å²) in [5.41, 5.74) is -0.162. The minimum absolute atomic E-state index is 0.00228. The molecule has 0 spiro atoms. The van der Waals surface area contributed by atoms with Gasteiger partial charge in [0.25, 0.3) is 10.0 Å². The molecule has 30 heavy (non-hydrogen) atoms. The van der Waals surface area contributed by atoms with Gasteiger partial charge in [-0.15, -0.1) is 0 Å². The van der Waals surface area contributed by atoms with Gasteiger partial charge in [0.1, 0.15) is 21.8 Å². The van der Waals surface area contributed by atoms with Crippen molar-refractivity contribution < 1.29 is 30.7 Å². The van der Waals surface area contributed by atoms with E-state index < -0.39 is 26.7 Å². The number of furan rings is 1. The predicted octanol–water partition coefficient (Wildman–Crippen LogP) is 6.07. The van der Waals surface area contributed by atoms with Crippen molar-refractivity contribution in [1.82, 2.24) is 0 Å². The van der Waals surface area contributed by atoms with Crippen LogP contribution in [0.4, 0.5) is 18.9 Å². The first-order chi connectivity index (χ1) is 14.1. The van der Waals surface area contributed by atoms with Crippen LogP contribution in [0.15, 0.2) is 63.9 Å². The second-order valence-corrected chi connectivity index (χ2v) is 8.45. The van der Waals surface area contributed by atoms with Crippen molar-refractivity contribution in [2.24, 2.45) is 0 Å². The molecule has 10 heteroatoms. The van der Waals surface area contributed by atoms with Gasteiger partial charge in [0.15, 0.2) is 0 Å². The Morgan fingerprint density at radius 2 is 1.73 bits per heavy atom. The molecule has 4 rings (SSSR count). The number of halogens is 4. The zero-order valence-electron chi connectivity index (χ0n) is 15.2. The minimum Gasteiger partial charge on any atom is -0.495 e. The van der Waals surface area contributed by atoms with Crippen molar-refractivity contribution >= 4 is 49.3 Å². The zero-order chi connectivity index (χ0) is 21.7. The van der Waals surface area contributed by atoms with Crippen molar-refractivity contribution in [2.45, 2.75) is 11.1 Å². The Hall–Kier alpha value is -2.91. The van der Waals surface area contributed by atoms with E-state index in [0.717, 1.165) is 11.5 Å². The monoisotopic (exact) mass is 455 g/mol. The summed E-state index contributed by atoms with van der Waals surface area (Å²) in [5, 5.41) is 1.16. The number of hydrogen-bond donors (Lipinski definition) is 1. The number of rotatable bonds is 4. The van der Waals surface area contributed by atoms with E-state index in [9.17, 15) is 21.6 Å². The van der Waals surface area contributed by atoms with Gasteiger partial charge in [0, 0.05) is 16.8 Å². The summed E-state index contributed by atoms with van der Waals surface area (Å²) in [6.45, 7) is 0. The number of para-hydroxylation sites is 1. The Labute approximate surface area is 174 Å². The van der Waals surface area contributed by atoms with Crippen LogP contribution in [-0.2, 0) is 16.2 Å². The molecule has 4 aromatic rings. The van der Waals surface area contributed by atoms with Gasteiger partial charge in [-0.25, -0.2) is 8.42 Å². The lowest BCUT2D eigenvalue weighted by Crippen LogP contribution is -2.16. The first-order valence-corrected chi connectivity index (χ1v) is 10.3. The predicted molar refractivity (Wildman–Crippen MR) is 108 cm³/mol. The fourth-order valence-corrected chi connectivity index (χ4v) is 4.67. The summed E-state index contributed by atoms with van der Waals surface area (Å²) in [4.78, 5) is -0.703. The lowest BCUT2D eigenvalue weighted by Gasteiger charge is -2.14. The highest BCUT2D eigenvalue weighted by atomic mass is 35.5. The number of fused-ring (bicyclic) bond motifs is 3. The summed E-state index contributed by atoms with van der Waals surface area (Å²) in [6.07, 6.45) is -4.72. The van der Waals surface area contributed by atoms with Crippen LogP contribution < -0.4 is 9.46 Å². The third kappa shape index (κ3) is 3.54. The molecule has 0 amide bonds. The molecule has 5 nitrogen and oxygen atoms in total. The number of methoxy groups -OCH3 is 1. The molecule has 0 radical (unpaired) electrons. The standard InChI is InChI=1S/C20H13ClF3NO4S/c1-28-18-9-13-12-4-2-3-5-16(12)29-17(13)10-15(18)25-30(26,27)19-8-11(20(22,23)24)6-7-14(19)21/h2-10,25H,1H3. The van der Waals surface area contributed by atoms with Gasteiger partial charge in [0.2, 0.25) is 0 Å². The fourth-order valence-electron chi connectivity index (χ4n) is 3.09. The highest BCUT2D eigenvalue weighted by molar-refractivity contribution is 7.92. The molecule has 1 aromatic heterocycles. The van der Waals surface area contributed by atoms with Gasteiger partial charge in [0.05, 0.1) is 23.4 Å². The van der Waals surface area contributed by atoms with E-state index in [0.29, 0.717) is 28.7 Å². The largest absolute Gasteiger partial charge is 0.495 e. The summed E-state index contributed by atoms with van der Waals surface area (Å²) < 4.78 is 78.0. The van der Waals surface area contributed by atoms with Crippen LogP contribution in [0.25, 0.3) is 21.9 Å². The van der Waals surface area contributed by atoms with E-state index >= 15 is 0 Å². The van der Waals surface area contributed by atoms with E-state index in [4.69, 9.17) is 20.8 Å². The molecule has 0 saturated heterocycles. The molecule has 0 atom stereocenters. The maximum Gasteiger partial charge on any atom is 0.416 e. The van der Waals surface area contributed by atoms with Gasteiger partial charge >= 0.3 is 6.18 Å². The Kier molecular flexibility index (Phi) is 4.82. The van der Waals surface area contributed by atoms with E-state index in [1.807, 2.05) is 12.1 Å². The molecule has 3 aromatic carbocycles. The van der Waals surface area contributed by atoms with Gasteiger partial charge in [-0.3, -0.25) is 4.72 Å². The summed E-state index contributed by atoms with van der Waals surface area (Å²) >= 11 is 5.88. The number of alkyl halides is 3. The number of anilines is 1. The molecule has 1 N–H and O–H groups in total. The summed E-state index contributed by atoms with van der Waals surface area (Å²) in [6, 6.07) is 12.3. The SMILES string of the molecule is COc1cc2c(cc1NS(=O)(=O)c1cc(C(F)(F)F)ccc1Cl)oc1ccccc12. The lowest BCUT2D eigenvalue weighted by molar-refractivity contribution is -0.137. The molecule has 1 heterocycles. The third-order valence-corrected chi connectivity index (χ3v) is 6.34. The number of hydrogen-bond acceptors (Lipinski definition) is 4. The zero-order valence-corrected chi connectivity index (χ0v) is 16.8. The van der Waals surface area contributed by atoms with Crippen LogP contribution in [0.5, 0.6) is 5.75 Å². The molecule has 0 unspecified atom stereocenters. The van der Waals surface area contributed by atoms with Crippen LogP contribution in [-0.4, -0.2) is 15.5 Å². The maximum absolute atomic E-state index is 13.0. The normalized spacial score (nSPS) is 12.4. The van der Waals surface area contributed by atoms with E-state index in [1.165, 1.54) is 13.2 Å². The lowest BCUT2D eigenvalue weighted by atomic mass is 10.1. The van der Waals surface area contributed by atoms with E-state index in [1.54, 1.807) is 18.2 Å². The molecule has 0 aliphatic carbocycles. The van der Waals surface area contributed by atoms with E-state index in [2.05, 4.69) is 4.72 Å². The molecular formula is C20H13ClF3NO4S. The highest BCUT2D eigenvalue weighted by Crippen LogP contribution is 2.38. The smallest absolute Gasteiger partial charge is 0.416 e. The van der Waals surface area contributed by atoms with Gasteiger partial charge in [-0.2, -0.15) is 13.2 Å². The van der Waals surface area contributed by atoms with Crippen molar-refractivity contribution in [3.63, 3.8) is 0 Å². The fraction of sp³-hybridized carbons (Fsp3) is 0.100. The van der Waals surface area contributed by atoms with E-state index in [-0.39, 0.29) is 16.5 Å². The molecule has 0 saturated carbocycles. The number of ether oxygens (including phenoxy) is 1. The van der Waals surface area contributed by atoms with Crippen molar-refractivity contribution in [3.05, 3.63) is 65.2 Å². The van der Waals surface area contributed by atoms with Crippen molar-refractivity contribution in [2.75, 3.05) is 11.8 Å². The average molecular weight is 456 g/mol. The first kappa shape index (κ1) is 20.4.